The van der Waals surface area contributed by atoms with Crippen LogP contribution in [-0.4, -0.2) is 34.2 Å². The molecule has 0 aliphatic carbocycles. The Morgan fingerprint density at radius 2 is 2.19 bits per heavy atom. The van der Waals surface area contributed by atoms with Gasteiger partial charge in [-0.3, -0.25) is 4.68 Å². The summed E-state index contributed by atoms with van der Waals surface area (Å²) in [7, 11) is 1.58. The molecule has 0 spiro atoms. The maximum Gasteiger partial charge on any atom is 0.0854 e. The molecule has 0 aromatic carbocycles. The van der Waals surface area contributed by atoms with Crippen molar-refractivity contribution in [3.05, 3.63) is 16.4 Å². The molecule has 0 saturated carbocycles. The number of aryl methyl sites for hydroxylation is 2. The second kappa shape index (κ2) is 5.66. The minimum absolute atomic E-state index is 0.212. The molecule has 1 aromatic rings. The molecular weight excluding hydrogens is 228 g/mol. The SMILES string of the molecule is CCn1nc(C)c(Cl)c1CC(O)C(C)OC. The summed E-state index contributed by atoms with van der Waals surface area (Å²) in [6.45, 7) is 6.44. The molecule has 1 N–H and O–H groups in total. The van der Waals surface area contributed by atoms with Crippen LogP contribution in [0.15, 0.2) is 0 Å². The summed E-state index contributed by atoms with van der Waals surface area (Å²) in [6, 6.07) is 0. The fraction of sp³-hybridized carbons (Fsp3) is 0.727. The molecule has 1 rings (SSSR count). The van der Waals surface area contributed by atoms with Crippen LogP contribution in [0.2, 0.25) is 5.02 Å². The Bertz CT molecular complexity index is 352. The zero-order valence-electron chi connectivity index (χ0n) is 10.2. The van der Waals surface area contributed by atoms with Crippen LogP contribution in [0.4, 0.5) is 0 Å². The predicted octanol–water partition coefficient (Wildman–Crippen LogP) is 1.80. The van der Waals surface area contributed by atoms with Crippen LogP contribution >= 0.6 is 11.6 Å². The van der Waals surface area contributed by atoms with Crippen molar-refractivity contribution in [2.75, 3.05) is 7.11 Å². The van der Waals surface area contributed by atoms with Gasteiger partial charge in [0.15, 0.2) is 0 Å². The first-order chi connectivity index (χ1) is 7.51. The van der Waals surface area contributed by atoms with Gasteiger partial charge in [0.25, 0.3) is 0 Å². The van der Waals surface area contributed by atoms with E-state index in [1.807, 2.05) is 25.5 Å². The standard InChI is InChI=1S/C11H19ClN2O2/c1-5-14-9(11(12)7(2)13-14)6-10(15)8(3)16-4/h8,10,15H,5-6H2,1-4H3. The Labute approximate surface area is 101 Å². The number of aliphatic hydroxyl groups is 1. The lowest BCUT2D eigenvalue weighted by molar-refractivity contribution is -0.000505. The van der Waals surface area contributed by atoms with Crippen molar-refractivity contribution < 1.29 is 9.84 Å². The van der Waals surface area contributed by atoms with Crippen molar-refractivity contribution in [3.63, 3.8) is 0 Å². The van der Waals surface area contributed by atoms with E-state index in [0.29, 0.717) is 11.4 Å². The van der Waals surface area contributed by atoms with E-state index in [2.05, 4.69) is 5.10 Å². The summed E-state index contributed by atoms with van der Waals surface area (Å²) in [5.74, 6) is 0. The number of methoxy groups -OCH3 is 1. The van der Waals surface area contributed by atoms with Gasteiger partial charge in [0.1, 0.15) is 0 Å². The fourth-order valence-electron chi connectivity index (χ4n) is 1.59. The second-order valence-corrected chi connectivity index (χ2v) is 4.25. The van der Waals surface area contributed by atoms with E-state index in [4.69, 9.17) is 16.3 Å². The lowest BCUT2D eigenvalue weighted by Gasteiger charge is -2.17. The van der Waals surface area contributed by atoms with Gasteiger partial charge in [-0.15, -0.1) is 0 Å². The largest absolute Gasteiger partial charge is 0.390 e. The van der Waals surface area contributed by atoms with E-state index in [-0.39, 0.29) is 6.10 Å². The molecule has 0 saturated heterocycles. The lowest BCUT2D eigenvalue weighted by Crippen LogP contribution is -2.28. The van der Waals surface area contributed by atoms with Gasteiger partial charge in [-0.05, 0) is 20.8 Å². The summed E-state index contributed by atoms with van der Waals surface area (Å²) >= 11 is 6.15. The lowest BCUT2D eigenvalue weighted by atomic mass is 10.1. The highest BCUT2D eigenvalue weighted by Crippen LogP contribution is 2.22. The maximum atomic E-state index is 9.90. The average molecular weight is 247 g/mol. The van der Waals surface area contributed by atoms with Gasteiger partial charge in [-0.2, -0.15) is 5.10 Å². The van der Waals surface area contributed by atoms with Crippen LogP contribution in [0, 0.1) is 6.92 Å². The molecule has 16 heavy (non-hydrogen) atoms. The van der Waals surface area contributed by atoms with Crippen molar-refractivity contribution in [1.82, 2.24) is 9.78 Å². The number of hydrogen-bond donors (Lipinski definition) is 1. The summed E-state index contributed by atoms with van der Waals surface area (Å²) < 4.78 is 6.90. The topological polar surface area (TPSA) is 47.3 Å². The Kier molecular flexibility index (Phi) is 4.77. The van der Waals surface area contributed by atoms with E-state index < -0.39 is 6.10 Å². The van der Waals surface area contributed by atoms with Crippen molar-refractivity contribution >= 4 is 11.6 Å². The van der Waals surface area contributed by atoms with Crippen molar-refractivity contribution in [2.45, 2.75) is 45.9 Å². The van der Waals surface area contributed by atoms with Gasteiger partial charge in [-0.1, -0.05) is 11.6 Å². The molecule has 0 aliphatic heterocycles. The fourth-order valence-corrected chi connectivity index (χ4v) is 1.80. The Balaban J connectivity index is 2.87. The van der Waals surface area contributed by atoms with E-state index in [1.165, 1.54) is 0 Å². The van der Waals surface area contributed by atoms with Crippen molar-refractivity contribution in [2.24, 2.45) is 0 Å². The van der Waals surface area contributed by atoms with Crippen LogP contribution < -0.4 is 0 Å². The van der Waals surface area contributed by atoms with Crippen molar-refractivity contribution in [1.29, 1.82) is 0 Å². The van der Waals surface area contributed by atoms with Gasteiger partial charge < -0.3 is 9.84 Å². The molecule has 1 heterocycles. The van der Waals surface area contributed by atoms with E-state index in [0.717, 1.165) is 17.9 Å². The molecule has 2 unspecified atom stereocenters. The Hall–Kier alpha value is -0.580. The third-order valence-corrected chi connectivity index (χ3v) is 3.26. The van der Waals surface area contributed by atoms with Crippen LogP contribution in [0.25, 0.3) is 0 Å². The van der Waals surface area contributed by atoms with Gasteiger partial charge in [0, 0.05) is 20.1 Å². The first kappa shape index (κ1) is 13.5. The van der Waals surface area contributed by atoms with E-state index in [9.17, 15) is 5.11 Å². The summed E-state index contributed by atoms with van der Waals surface area (Å²) in [4.78, 5) is 0. The zero-order valence-corrected chi connectivity index (χ0v) is 11.0. The molecule has 5 heteroatoms. The van der Waals surface area contributed by atoms with Crippen LogP contribution in [0.1, 0.15) is 25.2 Å². The predicted molar refractivity (Wildman–Crippen MR) is 63.8 cm³/mol. The molecule has 2 atom stereocenters. The number of aliphatic hydroxyl groups excluding tert-OH is 1. The van der Waals surface area contributed by atoms with Crippen molar-refractivity contribution in [3.8, 4) is 0 Å². The average Bonchev–Trinajstić information content (AvgIpc) is 2.55. The number of ether oxygens (including phenoxy) is 1. The van der Waals surface area contributed by atoms with Gasteiger partial charge in [-0.25, -0.2) is 0 Å². The maximum absolute atomic E-state index is 9.90. The van der Waals surface area contributed by atoms with E-state index in [1.54, 1.807) is 7.11 Å². The molecule has 0 radical (unpaired) electrons. The van der Waals surface area contributed by atoms with Crippen LogP contribution in [0.3, 0.4) is 0 Å². The highest BCUT2D eigenvalue weighted by Gasteiger charge is 2.20. The van der Waals surface area contributed by atoms with Gasteiger partial charge in [0.05, 0.1) is 28.6 Å². The molecule has 0 amide bonds. The third kappa shape index (κ3) is 2.75. The molecular formula is C11H19ClN2O2. The normalized spacial score (nSPS) is 15.1. The monoisotopic (exact) mass is 246 g/mol. The number of nitrogens with zero attached hydrogens (tertiary/aromatic N) is 2. The molecule has 0 fully saturated rings. The minimum atomic E-state index is -0.566. The quantitative estimate of drug-likeness (QED) is 0.862. The van der Waals surface area contributed by atoms with Crippen LogP contribution in [-0.2, 0) is 17.7 Å². The number of aromatic nitrogens is 2. The minimum Gasteiger partial charge on any atom is -0.390 e. The molecule has 0 aliphatic rings. The van der Waals surface area contributed by atoms with Crippen LogP contribution in [0.5, 0.6) is 0 Å². The first-order valence-corrected chi connectivity index (χ1v) is 5.81. The number of rotatable bonds is 5. The van der Waals surface area contributed by atoms with E-state index >= 15 is 0 Å². The molecule has 4 nitrogen and oxygen atoms in total. The molecule has 1 aromatic heterocycles. The zero-order chi connectivity index (χ0) is 12.3. The Morgan fingerprint density at radius 3 is 2.69 bits per heavy atom. The highest BCUT2D eigenvalue weighted by molar-refractivity contribution is 6.31. The van der Waals surface area contributed by atoms with Gasteiger partial charge in [0.2, 0.25) is 0 Å². The Morgan fingerprint density at radius 1 is 1.56 bits per heavy atom. The summed E-state index contributed by atoms with van der Waals surface area (Å²) in [5, 5.41) is 14.8. The molecule has 92 valence electrons. The smallest absolute Gasteiger partial charge is 0.0854 e. The number of halogens is 1. The third-order valence-electron chi connectivity index (χ3n) is 2.77. The molecule has 0 bridgehead atoms. The number of hydrogen-bond acceptors (Lipinski definition) is 3. The second-order valence-electron chi connectivity index (χ2n) is 3.87. The van der Waals surface area contributed by atoms with Gasteiger partial charge >= 0.3 is 0 Å². The first-order valence-electron chi connectivity index (χ1n) is 5.43. The highest BCUT2D eigenvalue weighted by atomic mass is 35.5. The summed E-state index contributed by atoms with van der Waals surface area (Å²) in [6.07, 6.45) is -0.317. The summed E-state index contributed by atoms with van der Waals surface area (Å²) in [5.41, 5.74) is 1.67.